The van der Waals surface area contributed by atoms with Crippen LogP contribution in [-0.4, -0.2) is 46.6 Å². The third kappa shape index (κ3) is 5.79. The van der Waals surface area contributed by atoms with Crippen LogP contribution >= 0.6 is 0 Å². The minimum atomic E-state index is 0.670. The van der Waals surface area contributed by atoms with Gasteiger partial charge >= 0.3 is 0 Å². The van der Waals surface area contributed by atoms with Gasteiger partial charge in [-0.3, -0.25) is 4.68 Å². The SMILES string of the molecule is CCN(C)CCn1cc(CNCC(C)C)nn1. The molecule has 0 aromatic carbocycles. The van der Waals surface area contributed by atoms with Crippen LogP contribution < -0.4 is 5.32 Å². The summed E-state index contributed by atoms with van der Waals surface area (Å²) in [5.41, 5.74) is 1.02. The molecule has 0 amide bonds. The molecule has 0 saturated carbocycles. The van der Waals surface area contributed by atoms with E-state index in [-0.39, 0.29) is 0 Å². The van der Waals surface area contributed by atoms with Gasteiger partial charge in [-0.25, -0.2) is 0 Å². The van der Waals surface area contributed by atoms with E-state index in [0.717, 1.165) is 38.4 Å². The maximum atomic E-state index is 4.15. The lowest BCUT2D eigenvalue weighted by molar-refractivity contribution is 0.326. The summed E-state index contributed by atoms with van der Waals surface area (Å²) < 4.78 is 1.92. The first kappa shape index (κ1) is 14.1. The van der Waals surface area contributed by atoms with Crippen molar-refractivity contribution in [2.75, 3.05) is 26.7 Å². The molecule has 5 heteroatoms. The molecule has 17 heavy (non-hydrogen) atoms. The lowest BCUT2D eigenvalue weighted by Crippen LogP contribution is -2.23. The van der Waals surface area contributed by atoms with Crippen LogP contribution in [0.1, 0.15) is 26.5 Å². The predicted octanol–water partition coefficient (Wildman–Crippen LogP) is 0.975. The highest BCUT2D eigenvalue weighted by Gasteiger charge is 2.02. The van der Waals surface area contributed by atoms with Crippen molar-refractivity contribution >= 4 is 0 Å². The van der Waals surface area contributed by atoms with Gasteiger partial charge in [0.1, 0.15) is 0 Å². The standard InChI is InChI=1S/C12H25N5/c1-5-16(4)6-7-17-10-12(14-15-17)9-13-8-11(2)3/h10-11,13H,5-9H2,1-4H3. The molecule has 0 aliphatic heterocycles. The van der Waals surface area contributed by atoms with E-state index in [1.54, 1.807) is 0 Å². The maximum absolute atomic E-state index is 4.15. The van der Waals surface area contributed by atoms with E-state index in [1.807, 2.05) is 10.9 Å². The van der Waals surface area contributed by atoms with Gasteiger partial charge in [-0.15, -0.1) is 5.10 Å². The Bertz CT molecular complexity index is 308. The second-order valence-electron chi connectivity index (χ2n) is 4.89. The Morgan fingerprint density at radius 2 is 2.24 bits per heavy atom. The Labute approximate surface area is 104 Å². The van der Waals surface area contributed by atoms with Gasteiger partial charge in [-0.05, 0) is 26.1 Å². The van der Waals surface area contributed by atoms with Gasteiger partial charge in [-0.2, -0.15) is 0 Å². The highest BCUT2D eigenvalue weighted by atomic mass is 15.4. The Morgan fingerprint density at radius 3 is 2.88 bits per heavy atom. The van der Waals surface area contributed by atoms with Crippen LogP contribution in [0, 0.1) is 5.92 Å². The maximum Gasteiger partial charge on any atom is 0.0964 e. The van der Waals surface area contributed by atoms with Gasteiger partial charge in [0.15, 0.2) is 0 Å². The van der Waals surface area contributed by atoms with E-state index >= 15 is 0 Å². The van der Waals surface area contributed by atoms with Crippen molar-refractivity contribution in [2.45, 2.75) is 33.9 Å². The van der Waals surface area contributed by atoms with Crippen LogP contribution in [0.4, 0.5) is 0 Å². The largest absolute Gasteiger partial charge is 0.311 e. The van der Waals surface area contributed by atoms with E-state index in [4.69, 9.17) is 0 Å². The molecule has 0 bridgehead atoms. The number of aromatic nitrogens is 3. The molecular formula is C12H25N5. The summed E-state index contributed by atoms with van der Waals surface area (Å²) in [7, 11) is 2.11. The van der Waals surface area contributed by atoms with Crippen molar-refractivity contribution in [3.05, 3.63) is 11.9 Å². The molecule has 1 rings (SSSR count). The molecule has 0 radical (unpaired) electrons. The van der Waals surface area contributed by atoms with Crippen molar-refractivity contribution in [3.8, 4) is 0 Å². The first-order chi connectivity index (χ1) is 8.11. The number of nitrogens with one attached hydrogen (secondary N) is 1. The number of hydrogen-bond donors (Lipinski definition) is 1. The molecule has 0 atom stereocenters. The van der Waals surface area contributed by atoms with E-state index < -0.39 is 0 Å². The summed E-state index contributed by atoms with van der Waals surface area (Å²) in [4.78, 5) is 2.26. The highest BCUT2D eigenvalue weighted by molar-refractivity contribution is 4.91. The van der Waals surface area contributed by atoms with E-state index in [9.17, 15) is 0 Å². The lowest BCUT2D eigenvalue weighted by atomic mass is 10.2. The second kappa shape index (κ2) is 7.40. The predicted molar refractivity (Wildman–Crippen MR) is 69.7 cm³/mol. The Morgan fingerprint density at radius 1 is 1.47 bits per heavy atom. The third-order valence-corrected chi connectivity index (χ3v) is 2.70. The van der Waals surface area contributed by atoms with E-state index in [1.165, 1.54) is 0 Å². The average Bonchev–Trinajstić information content (AvgIpc) is 2.73. The van der Waals surface area contributed by atoms with Crippen LogP contribution in [0.15, 0.2) is 6.20 Å². The average molecular weight is 239 g/mol. The number of likely N-dealkylation sites (N-methyl/N-ethyl adjacent to an activating group) is 1. The number of rotatable bonds is 8. The fourth-order valence-corrected chi connectivity index (χ4v) is 1.45. The zero-order valence-corrected chi connectivity index (χ0v) is 11.5. The summed E-state index contributed by atoms with van der Waals surface area (Å²) in [5, 5.41) is 11.6. The zero-order valence-electron chi connectivity index (χ0n) is 11.5. The van der Waals surface area contributed by atoms with Crippen LogP contribution in [0.3, 0.4) is 0 Å². The van der Waals surface area contributed by atoms with Crippen molar-refractivity contribution < 1.29 is 0 Å². The normalized spacial score (nSPS) is 11.6. The molecule has 1 N–H and O–H groups in total. The third-order valence-electron chi connectivity index (χ3n) is 2.70. The molecule has 0 unspecified atom stereocenters. The van der Waals surface area contributed by atoms with Crippen molar-refractivity contribution in [1.82, 2.24) is 25.2 Å². The molecule has 1 aromatic rings. The first-order valence-electron chi connectivity index (χ1n) is 6.40. The van der Waals surface area contributed by atoms with E-state index in [0.29, 0.717) is 5.92 Å². The minimum absolute atomic E-state index is 0.670. The molecule has 5 nitrogen and oxygen atoms in total. The molecule has 1 heterocycles. The summed E-state index contributed by atoms with van der Waals surface area (Å²) in [6, 6.07) is 0. The molecule has 1 aromatic heterocycles. The molecule has 98 valence electrons. The van der Waals surface area contributed by atoms with Gasteiger partial charge in [-0.1, -0.05) is 26.0 Å². The zero-order chi connectivity index (χ0) is 12.7. The van der Waals surface area contributed by atoms with Crippen molar-refractivity contribution in [2.24, 2.45) is 5.92 Å². The van der Waals surface area contributed by atoms with Crippen LogP contribution in [0.5, 0.6) is 0 Å². The van der Waals surface area contributed by atoms with Crippen LogP contribution in [0.2, 0.25) is 0 Å². The van der Waals surface area contributed by atoms with Gasteiger partial charge < -0.3 is 10.2 Å². The van der Waals surface area contributed by atoms with Crippen LogP contribution in [0.25, 0.3) is 0 Å². The van der Waals surface area contributed by atoms with Crippen molar-refractivity contribution in [1.29, 1.82) is 0 Å². The van der Waals surface area contributed by atoms with Gasteiger partial charge in [0.05, 0.1) is 12.2 Å². The summed E-state index contributed by atoms with van der Waals surface area (Å²) >= 11 is 0. The number of hydrogen-bond acceptors (Lipinski definition) is 4. The molecular weight excluding hydrogens is 214 g/mol. The molecule has 0 aliphatic rings. The van der Waals surface area contributed by atoms with Gasteiger partial charge in [0, 0.05) is 19.3 Å². The Hall–Kier alpha value is -0.940. The first-order valence-corrected chi connectivity index (χ1v) is 6.40. The summed E-state index contributed by atoms with van der Waals surface area (Å²) in [6.45, 7) is 11.4. The summed E-state index contributed by atoms with van der Waals surface area (Å²) in [6.07, 6.45) is 2.02. The molecule has 0 saturated heterocycles. The Kier molecular flexibility index (Phi) is 6.15. The lowest BCUT2D eigenvalue weighted by Gasteiger charge is -2.12. The molecule has 0 fully saturated rings. The Balaban J connectivity index is 2.27. The molecule has 0 aliphatic carbocycles. The van der Waals surface area contributed by atoms with Gasteiger partial charge in [0.2, 0.25) is 0 Å². The highest BCUT2D eigenvalue weighted by Crippen LogP contribution is 1.95. The fourth-order valence-electron chi connectivity index (χ4n) is 1.45. The fraction of sp³-hybridized carbons (Fsp3) is 0.833. The molecule has 0 spiro atoms. The second-order valence-corrected chi connectivity index (χ2v) is 4.89. The van der Waals surface area contributed by atoms with Crippen LogP contribution in [-0.2, 0) is 13.1 Å². The minimum Gasteiger partial charge on any atom is -0.311 e. The number of nitrogens with zero attached hydrogens (tertiary/aromatic N) is 4. The summed E-state index contributed by atoms with van der Waals surface area (Å²) in [5.74, 6) is 0.670. The smallest absolute Gasteiger partial charge is 0.0964 e. The quantitative estimate of drug-likeness (QED) is 0.734. The van der Waals surface area contributed by atoms with Gasteiger partial charge in [0.25, 0.3) is 0 Å². The monoisotopic (exact) mass is 239 g/mol. The van der Waals surface area contributed by atoms with Crippen molar-refractivity contribution in [3.63, 3.8) is 0 Å². The van der Waals surface area contributed by atoms with E-state index in [2.05, 4.69) is 48.3 Å². The topological polar surface area (TPSA) is 46.0 Å².